The first-order chi connectivity index (χ1) is 14.0. The highest BCUT2D eigenvalue weighted by atomic mass is 16.5. The van der Waals surface area contributed by atoms with Gasteiger partial charge in [-0.25, -0.2) is 9.59 Å². The Morgan fingerprint density at radius 3 is 1.69 bits per heavy atom. The van der Waals surface area contributed by atoms with E-state index in [1.165, 1.54) is 19.3 Å². The largest absolute Gasteiger partial charge is 0.462 e. The fraction of sp³-hybridized carbons (Fsp3) is 0.680. The average molecular weight is 405 g/mol. The third-order valence-electron chi connectivity index (χ3n) is 5.57. The summed E-state index contributed by atoms with van der Waals surface area (Å²) in [5.74, 6) is 0.0436. The minimum Gasteiger partial charge on any atom is -0.462 e. The molecule has 1 aromatic rings. The molecule has 0 saturated heterocycles. The van der Waals surface area contributed by atoms with Gasteiger partial charge in [0.1, 0.15) is 0 Å². The van der Waals surface area contributed by atoms with Gasteiger partial charge in [-0.15, -0.1) is 0 Å². The molecule has 1 aromatic carbocycles. The number of rotatable bonds is 15. The van der Waals surface area contributed by atoms with Crippen LogP contribution >= 0.6 is 0 Å². The normalized spacial score (nSPS) is 13.0. The van der Waals surface area contributed by atoms with E-state index in [9.17, 15) is 9.59 Å². The number of esters is 2. The Balaban J connectivity index is 2.57. The summed E-state index contributed by atoms with van der Waals surface area (Å²) in [7, 11) is 0. The Morgan fingerprint density at radius 1 is 0.759 bits per heavy atom. The SMILES string of the molecule is CCCCCC(CC)COC(=O)c1cccc(C(=O)OCC(CC)CCCC)c1. The van der Waals surface area contributed by atoms with Crippen LogP contribution in [-0.2, 0) is 9.47 Å². The van der Waals surface area contributed by atoms with E-state index in [4.69, 9.17) is 9.47 Å². The summed E-state index contributed by atoms with van der Waals surface area (Å²) in [4.78, 5) is 24.8. The second-order valence-electron chi connectivity index (χ2n) is 7.96. The Hall–Kier alpha value is -1.84. The first-order valence-corrected chi connectivity index (χ1v) is 11.5. The molecule has 4 heteroatoms. The second-order valence-corrected chi connectivity index (χ2v) is 7.96. The molecule has 0 N–H and O–H groups in total. The van der Waals surface area contributed by atoms with E-state index < -0.39 is 0 Å². The lowest BCUT2D eigenvalue weighted by Gasteiger charge is -2.15. The van der Waals surface area contributed by atoms with Crippen LogP contribution in [0.2, 0.25) is 0 Å². The van der Waals surface area contributed by atoms with E-state index in [1.807, 2.05) is 0 Å². The Bertz CT molecular complexity index is 596. The quantitative estimate of drug-likeness (QED) is 0.238. The highest BCUT2D eigenvalue weighted by Gasteiger charge is 2.16. The van der Waals surface area contributed by atoms with Gasteiger partial charge in [0.2, 0.25) is 0 Å². The Kier molecular flexibility index (Phi) is 13.1. The molecule has 0 saturated carbocycles. The van der Waals surface area contributed by atoms with Crippen molar-refractivity contribution in [1.82, 2.24) is 0 Å². The van der Waals surface area contributed by atoms with Gasteiger partial charge in [-0.1, -0.05) is 78.7 Å². The summed E-state index contributed by atoms with van der Waals surface area (Å²) >= 11 is 0. The van der Waals surface area contributed by atoms with Crippen molar-refractivity contribution in [3.8, 4) is 0 Å². The van der Waals surface area contributed by atoms with E-state index in [-0.39, 0.29) is 11.9 Å². The maximum Gasteiger partial charge on any atom is 0.338 e. The molecule has 164 valence electrons. The van der Waals surface area contributed by atoms with Gasteiger partial charge >= 0.3 is 11.9 Å². The van der Waals surface area contributed by atoms with Gasteiger partial charge in [0, 0.05) is 0 Å². The zero-order chi connectivity index (χ0) is 21.5. The molecular formula is C25H40O4. The van der Waals surface area contributed by atoms with Crippen molar-refractivity contribution in [2.45, 2.75) is 85.5 Å². The summed E-state index contributed by atoms with van der Waals surface area (Å²) in [6.45, 7) is 9.47. The van der Waals surface area contributed by atoms with Crippen LogP contribution in [0, 0.1) is 11.8 Å². The van der Waals surface area contributed by atoms with Gasteiger partial charge in [0.05, 0.1) is 24.3 Å². The van der Waals surface area contributed by atoms with Gasteiger partial charge in [-0.05, 0) is 42.9 Å². The third-order valence-corrected chi connectivity index (χ3v) is 5.57. The van der Waals surface area contributed by atoms with Crippen molar-refractivity contribution >= 4 is 11.9 Å². The van der Waals surface area contributed by atoms with E-state index in [2.05, 4.69) is 27.7 Å². The molecule has 0 heterocycles. The monoisotopic (exact) mass is 404 g/mol. The van der Waals surface area contributed by atoms with Gasteiger partial charge in [-0.3, -0.25) is 0 Å². The molecule has 0 bridgehead atoms. The molecule has 0 spiro atoms. The maximum atomic E-state index is 12.4. The topological polar surface area (TPSA) is 52.6 Å². The fourth-order valence-electron chi connectivity index (χ4n) is 3.31. The molecule has 29 heavy (non-hydrogen) atoms. The lowest BCUT2D eigenvalue weighted by Crippen LogP contribution is -2.16. The molecule has 0 radical (unpaired) electrons. The van der Waals surface area contributed by atoms with Gasteiger partial charge in [0.25, 0.3) is 0 Å². The minimum absolute atomic E-state index is 0.372. The third kappa shape index (κ3) is 9.96. The molecule has 1 rings (SSSR count). The van der Waals surface area contributed by atoms with Crippen LogP contribution in [-0.4, -0.2) is 25.2 Å². The van der Waals surface area contributed by atoms with E-state index >= 15 is 0 Å². The van der Waals surface area contributed by atoms with Crippen LogP contribution in [0.25, 0.3) is 0 Å². The summed E-state index contributed by atoms with van der Waals surface area (Å²) in [5, 5.41) is 0. The van der Waals surface area contributed by atoms with Crippen LogP contribution < -0.4 is 0 Å². The number of carbonyl (C=O) groups is 2. The lowest BCUT2D eigenvalue weighted by atomic mass is 10.00. The minimum atomic E-state index is -0.374. The van der Waals surface area contributed by atoms with Crippen molar-refractivity contribution in [2.24, 2.45) is 11.8 Å². The van der Waals surface area contributed by atoms with Crippen molar-refractivity contribution in [2.75, 3.05) is 13.2 Å². The first-order valence-electron chi connectivity index (χ1n) is 11.5. The highest BCUT2D eigenvalue weighted by Crippen LogP contribution is 2.17. The summed E-state index contributed by atoms with van der Waals surface area (Å²) < 4.78 is 11.0. The van der Waals surface area contributed by atoms with Gasteiger partial charge in [0.15, 0.2) is 0 Å². The van der Waals surface area contributed by atoms with E-state index in [0.29, 0.717) is 36.2 Å². The number of benzene rings is 1. The summed E-state index contributed by atoms with van der Waals surface area (Å²) in [5.41, 5.74) is 0.806. The zero-order valence-electron chi connectivity index (χ0n) is 18.9. The van der Waals surface area contributed by atoms with Gasteiger partial charge < -0.3 is 9.47 Å². The first kappa shape index (κ1) is 25.2. The summed E-state index contributed by atoms with van der Waals surface area (Å²) in [6, 6.07) is 6.66. The van der Waals surface area contributed by atoms with Gasteiger partial charge in [-0.2, -0.15) is 0 Å². The van der Waals surface area contributed by atoms with Crippen LogP contribution in [0.1, 0.15) is 106 Å². The number of hydrogen-bond donors (Lipinski definition) is 0. The van der Waals surface area contributed by atoms with Crippen molar-refractivity contribution in [3.63, 3.8) is 0 Å². The lowest BCUT2D eigenvalue weighted by molar-refractivity contribution is 0.0426. The Morgan fingerprint density at radius 2 is 1.24 bits per heavy atom. The van der Waals surface area contributed by atoms with Crippen molar-refractivity contribution in [3.05, 3.63) is 35.4 Å². The molecule has 2 unspecified atom stereocenters. The number of ether oxygens (including phenoxy) is 2. The van der Waals surface area contributed by atoms with Crippen molar-refractivity contribution in [1.29, 1.82) is 0 Å². The van der Waals surface area contributed by atoms with E-state index in [1.54, 1.807) is 24.3 Å². The molecule has 4 nitrogen and oxygen atoms in total. The molecule has 2 atom stereocenters. The summed E-state index contributed by atoms with van der Waals surface area (Å²) in [6.07, 6.45) is 10.0. The maximum absolute atomic E-state index is 12.4. The standard InChI is InChI=1S/C25H40O4/c1-5-9-11-14-21(8-4)19-29-25(27)23-16-12-15-22(17-23)24(26)28-18-20(7-3)13-10-6-2/h12,15-17,20-21H,5-11,13-14,18-19H2,1-4H3. The van der Waals surface area contributed by atoms with Crippen molar-refractivity contribution < 1.29 is 19.1 Å². The van der Waals surface area contributed by atoms with Crippen LogP contribution in [0.5, 0.6) is 0 Å². The fourth-order valence-corrected chi connectivity index (χ4v) is 3.31. The van der Waals surface area contributed by atoms with Crippen LogP contribution in [0.3, 0.4) is 0 Å². The molecule has 0 amide bonds. The van der Waals surface area contributed by atoms with Crippen LogP contribution in [0.4, 0.5) is 0 Å². The second kappa shape index (κ2) is 15.1. The molecular weight excluding hydrogens is 364 g/mol. The molecule has 0 aromatic heterocycles. The molecule has 0 aliphatic carbocycles. The predicted molar refractivity (Wildman–Crippen MR) is 118 cm³/mol. The molecule has 0 fully saturated rings. The number of hydrogen-bond acceptors (Lipinski definition) is 4. The number of carbonyl (C=O) groups excluding carboxylic acids is 2. The Labute approximate surface area is 177 Å². The predicted octanol–water partition coefficient (Wildman–Crippen LogP) is 6.82. The molecule has 0 aliphatic rings. The molecule has 0 aliphatic heterocycles. The van der Waals surface area contributed by atoms with E-state index in [0.717, 1.165) is 38.5 Å². The van der Waals surface area contributed by atoms with Crippen LogP contribution in [0.15, 0.2) is 24.3 Å². The number of unbranched alkanes of at least 4 members (excludes halogenated alkanes) is 3. The highest BCUT2D eigenvalue weighted by molar-refractivity contribution is 5.95. The smallest absolute Gasteiger partial charge is 0.338 e. The zero-order valence-corrected chi connectivity index (χ0v) is 18.9. The average Bonchev–Trinajstić information content (AvgIpc) is 2.76.